The zero-order valence-electron chi connectivity index (χ0n) is 15.0. The van der Waals surface area contributed by atoms with Gasteiger partial charge < -0.3 is 15.0 Å². The number of carbonyl (C=O) groups is 1. The van der Waals surface area contributed by atoms with E-state index in [4.69, 9.17) is 4.74 Å². The van der Waals surface area contributed by atoms with E-state index in [0.717, 1.165) is 58.3 Å². The molecule has 0 aromatic heterocycles. The Hall–Kier alpha value is -1.59. The Bertz CT molecular complexity index is 574. The lowest BCUT2D eigenvalue weighted by Crippen LogP contribution is -2.54. The van der Waals surface area contributed by atoms with Crippen molar-refractivity contribution in [2.75, 3.05) is 45.9 Å². The van der Waals surface area contributed by atoms with Gasteiger partial charge in [0.1, 0.15) is 0 Å². The summed E-state index contributed by atoms with van der Waals surface area (Å²) in [5, 5.41) is 3.23. The van der Waals surface area contributed by atoms with Crippen LogP contribution in [0.4, 0.5) is 4.79 Å². The molecule has 25 heavy (non-hydrogen) atoms. The second-order valence-corrected chi connectivity index (χ2v) is 7.67. The van der Waals surface area contributed by atoms with Gasteiger partial charge in [0.15, 0.2) is 0 Å². The minimum absolute atomic E-state index is 0.00497. The van der Waals surface area contributed by atoms with E-state index >= 15 is 0 Å². The predicted octanol–water partition coefficient (Wildman–Crippen LogP) is 2.22. The number of ether oxygens (including phenoxy) is 1. The Morgan fingerprint density at radius 2 is 1.76 bits per heavy atom. The standard InChI is InChI=1S/C20H29N3O2/c24-19(23-12-10-22(11-13-23)18-6-7-18)21-16-20(8-14-25-15-9-20)17-4-2-1-3-5-17/h1-5,18H,6-16H2,(H,21,24). The Labute approximate surface area is 150 Å². The normalized spacial score (nSPS) is 24.1. The molecule has 3 aliphatic rings. The van der Waals surface area contributed by atoms with Crippen LogP contribution in [0.5, 0.6) is 0 Å². The molecule has 1 aliphatic carbocycles. The van der Waals surface area contributed by atoms with Gasteiger partial charge in [0, 0.05) is 57.4 Å². The highest BCUT2D eigenvalue weighted by Crippen LogP contribution is 2.34. The van der Waals surface area contributed by atoms with Gasteiger partial charge in [-0.15, -0.1) is 0 Å². The molecule has 1 saturated carbocycles. The fourth-order valence-corrected chi connectivity index (χ4v) is 4.21. The first-order valence-corrected chi connectivity index (χ1v) is 9.67. The van der Waals surface area contributed by atoms with E-state index in [9.17, 15) is 4.79 Å². The van der Waals surface area contributed by atoms with Gasteiger partial charge in [-0.2, -0.15) is 0 Å². The summed E-state index contributed by atoms with van der Waals surface area (Å²) in [4.78, 5) is 17.2. The maximum atomic E-state index is 12.7. The SMILES string of the molecule is O=C(NCC1(c2ccccc2)CCOCC1)N1CCN(C2CC2)CC1. The molecule has 0 atom stereocenters. The number of piperazine rings is 1. The molecule has 1 N–H and O–H groups in total. The third-order valence-corrected chi connectivity index (χ3v) is 6.08. The fourth-order valence-electron chi connectivity index (χ4n) is 4.21. The van der Waals surface area contributed by atoms with Crippen molar-refractivity contribution in [3.63, 3.8) is 0 Å². The molecule has 5 heteroatoms. The van der Waals surface area contributed by atoms with Gasteiger partial charge in [0.25, 0.3) is 0 Å². The summed E-state index contributed by atoms with van der Waals surface area (Å²) < 4.78 is 5.58. The van der Waals surface area contributed by atoms with Crippen LogP contribution in [0.3, 0.4) is 0 Å². The molecule has 2 heterocycles. The quantitative estimate of drug-likeness (QED) is 0.912. The Morgan fingerprint density at radius 1 is 1.08 bits per heavy atom. The van der Waals surface area contributed by atoms with Crippen LogP contribution in [0, 0.1) is 0 Å². The summed E-state index contributed by atoms with van der Waals surface area (Å²) in [6, 6.07) is 11.5. The van der Waals surface area contributed by atoms with Crippen molar-refractivity contribution in [1.29, 1.82) is 0 Å². The number of nitrogens with one attached hydrogen (secondary N) is 1. The molecule has 3 fully saturated rings. The van der Waals surface area contributed by atoms with Crippen LogP contribution in [0.15, 0.2) is 30.3 Å². The Morgan fingerprint density at radius 3 is 2.40 bits per heavy atom. The highest BCUT2D eigenvalue weighted by Gasteiger charge is 2.36. The first-order valence-electron chi connectivity index (χ1n) is 9.67. The lowest BCUT2D eigenvalue weighted by Gasteiger charge is -2.39. The molecule has 1 aromatic carbocycles. The number of urea groups is 1. The minimum atomic E-state index is 0.00497. The summed E-state index contributed by atoms with van der Waals surface area (Å²) in [7, 11) is 0. The van der Waals surface area contributed by atoms with Crippen LogP contribution < -0.4 is 5.32 Å². The van der Waals surface area contributed by atoms with Crippen molar-refractivity contribution >= 4 is 6.03 Å². The number of rotatable bonds is 4. The van der Waals surface area contributed by atoms with Crippen molar-refractivity contribution < 1.29 is 9.53 Å². The van der Waals surface area contributed by atoms with Crippen molar-refractivity contribution in [2.45, 2.75) is 37.1 Å². The number of hydrogen-bond donors (Lipinski definition) is 1. The average Bonchev–Trinajstić information content (AvgIpc) is 3.53. The number of nitrogens with zero attached hydrogens (tertiary/aromatic N) is 2. The summed E-state index contributed by atoms with van der Waals surface area (Å²) in [5.41, 5.74) is 1.32. The lowest BCUT2D eigenvalue weighted by molar-refractivity contribution is 0.0497. The van der Waals surface area contributed by atoms with E-state index in [0.29, 0.717) is 6.54 Å². The van der Waals surface area contributed by atoms with Crippen molar-refractivity contribution in [2.24, 2.45) is 0 Å². The summed E-state index contributed by atoms with van der Waals surface area (Å²) in [6.07, 6.45) is 4.61. The first kappa shape index (κ1) is 16.9. The maximum absolute atomic E-state index is 12.7. The molecule has 2 amide bonds. The number of carbonyl (C=O) groups excluding carboxylic acids is 1. The zero-order chi connectivity index (χ0) is 17.1. The zero-order valence-corrected chi connectivity index (χ0v) is 15.0. The van der Waals surface area contributed by atoms with E-state index in [1.807, 2.05) is 4.90 Å². The second-order valence-electron chi connectivity index (χ2n) is 7.67. The molecule has 0 radical (unpaired) electrons. The Kier molecular flexibility index (Phi) is 4.95. The first-order chi connectivity index (χ1) is 12.3. The smallest absolute Gasteiger partial charge is 0.317 e. The topological polar surface area (TPSA) is 44.8 Å². The van der Waals surface area contributed by atoms with E-state index < -0.39 is 0 Å². The molecule has 0 unspecified atom stereocenters. The maximum Gasteiger partial charge on any atom is 0.317 e. The van der Waals surface area contributed by atoms with E-state index in [1.54, 1.807) is 0 Å². The average molecular weight is 343 g/mol. The molecule has 1 aromatic rings. The van der Waals surface area contributed by atoms with Crippen LogP contribution in [-0.2, 0) is 10.2 Å². The van der Waals surface area contributed by atoms with Crippen LogP contribution in [-0.4, -0.2) is 67.8 Å². The van der Waals surface area contributed by atoms with Crippen LogP contribution >= 0.6 is 0 Å². The van der Waals surface area contributed by atoms with Crippen molar-refractivity contribution in [1.82, 2.24) is 15.1 Å². The third-order valence-electron chi connectivity index (χ3n) is 6.08. The molecule has 4 rings (SSSR count). The summed E-state index contributed by atoms with van der Waals surface area (Å²) in [5.74, 6) is 0. The van der Waals surface area contributed by atoms with Gasteiger partial charge in [-0.05, 0) is 31.2 Å². The minimum Gasteiger partial charge on any atom is -0.381 e. The molecule has 0 bridgehead atoms. The van der Waals surface area contributed by atoms with Gasteiger partial charge in [-0.25, -0.2) is 4.79 Å². The molecule has 136 valence electrons. The molecule has 2 aliphatic heterocycles. The van der Waals surface area contributed by atoms with Gasteiger partial charge in [-0.1, -0.05) is 30.3 Å². The summed E-state index contributed by atoms with van der Waals surface area (Å²) >= 11 is 0. The van der Waals surface area contributed by atoms with Crippen LogP contribution in [0.25, 0.3) is 0 Å². The largest absolute Gasteiger partial charge is 0.381 e. The number of benzene rings is 1. The van der Waals surface area contributed by atoms with Gasteiger partial charge in [-0.3, -0.25) is 4.90 Å². The lowest BCUT2D eigenvalue weighted by atomic mass is 9.74. The van der Waals surface area contributed by atoms with Gasteiger partial charge in [0.2, 0.25) is 0 Å². The van der Waals surface area contributed by atoms with Crippen LogP contribution in [0.2, 0.25) is 0 Å². The monoisotopic (exact) mass is 343 g/mol. The van der Waals surface area contributed by atoms with Crippen LogP contribution in [0.1, 0.15) is 31.2 Å². The predicted molar refractivity (Wildman–Crippen MR) is 97.7 cm³/mol. The van der Waals surface area contributed by atoms with E-state index in [2.05, 4.69) is 40.5 Å². The molecule has 2 saturated heterocycles. The fraction of sp³-hybridized carbons (Fsp3) is 0.650. The van der Waals surface area contributed by atoms with Gasteiger partial charge in [0.05, 0.1) is 0 Å². The highest BCUT2D eigenvalue weighted by atomic mass is 16.5. The Balaban J connectivity index is 1.35. The molecule has 0 spiro atoms. The van der Waals surface area contributed by atoms with Crippen molar-refractivity contribution in [3.8, 4) is 0 Å². The number of amides is 2. The molecule has 5 nitrogen and oxygen atoms in total. The van der Waals surface area contributed by atoms with Gasteiger partial charge >= 0.3 is 6.03 Å². The van der Waals surface area contributed by atoms with Crippen molar-refractivity contribution in [3.05, 3.63) is 35.9 Å². The van der Waals surface area contributed by atoms with E-state index in [-0.39, 0.29) is 11.4 Å². The second kappa shape index (κ2) is 7.34. The number of hydrogen-bond acceptors (Lipinski definition) is 3. The molecular weight excluding hydrogens is 314 g/mol. The highest BCUT2D eigenvalue weighted by molar-refractivity contribution is 5.74. The third kappa shape index (κ3) is 3.82. The molecular formula is C20H29N3O2. The summed E-state index contributed by atoms with van der Waals surface area (Å²) in [6.45, 7) is 5.98. The van der Waals surface area contributed by atoms with E-state index in [1.165, 1.54) is 18.4 Å².